The molecule has 2 unspecified atom stereocenters. The van der Waals surface area contributed by atoms with E-state index in [1.807, 2.05) is 0 Å². The van der Waals surface area contributed by atoms with E-state index in [0.29, 0.717) is 6.04 Å². The lowest BCUT2D eigenvalue weighted by molar-refractivity contribution is -0.0637. The van der Waals surface area contributed by atoms with Crippen molar-refractivity contribution in [1.82, 2.24) is 10.2 Å². The monoisotopic (exact) mass is 284 g/mol. The van der Waals surface area contributed by atoms with Gasteiger partial charge in [0.25, 0.3) is 0 Å². The van der Waals surface area contributed by atoms with Crippen LogP contribution in [-0.2, 0) is 9.47 Å². The van der Waals surface area contributed by atoms with Crippen LogP contribution in [0.5, 0.6) is 0 Å². The Bertz CT molecular complexity index is 295. The molecule has 4 nitrogen and oxygen atoms in total. The van der Waals surface area contributed by atoms with Crippen LogP contribution in [0.2, 0.25) is 0 Å². The Labute approximate surface area is 124 Å². The second-order valence-corrected chi connectivity index (χ2v) is 7.65. The molecule has 0 aliphatic carbocycles. The molecule has 0 bridgehead atoms. The van der Waals surface area contributed by atoms with Crippen molar-refractivity contribution < 1.29 is 9.47 Å². The summed E-state index contributed by atoms with van der Waals surface area (Å²) in [5, 5.41) is 3.70. The van der Waals surface area contributed by atoms with E-state index in [1.54, 1.807) is 0 Å². The zero-order chi connectivity index (χ0) is 14.6. The van der Waals surface area contributed by atoms with Gasteiger partial charge in [0.15, 0.2) is 0 Å². The fraction of sp³-hybridized carbons (Fsp3) is 1.00. The van der Waals surface area contributed by atoms with Gasteiger partial charge in [-0.15, -0.1) is 0 Å². The van der Waals surface area contributed by atoms with Crippen molar-refractivity contribution in [2.45, 2.75) is 52.1 Å². The van der Waals surface area contributed by atoms with Crippen molar-refractivity contribution in [2.24, 2.45) is 5.41 Å². The van der Waals surface area contributed by atoms with Gasteiger partial charge in [-0.2, -0.15) is 0 Å². The summed E-state index contributed by atoms with van der Waals surface area (Å²) in [4.78, 5) is 2.59. The van der Waals surface area contributed by atoms with Gasteiger partial charge in [-0.25, -0.2) is 0 Å². The molecule has 2 saturated heterocycles. The van der Waals surface area contributed by atoms with Gasteiger partial charge in [0.05, 0.1) is 19.8 Å². The van der Waals surface area contributed by atoms with Gasteiger partial charge in [-0.1, -0.05) is 0 Å². The summed E-state index contributed by atoms with van der Waals surface area (Å²) in [7, 11) is 0. The maximum absolute atomic E-state index is 5.83. The number of nitrogens with zero attached hydrogens (tertiary/aromatic N) is 1. The predicted octanol–water partition coefficient (Wildman–Crippen LogP) is 1.89. The first-order chi connectivity index (χ1) is 9.40. The van der Waals surface area contributed by atoms with Gasteiger partial charge in [-0.05, 0) is 40.5 Å². The molecule has 2 atom stereocenters. The van der Waals surface area contributed by atoms with Crippen LogP contribution < -0.4 is 5.32 Å². The molecular weight excluding hydrogens is 252 g/mol. The van der Waals surface area contributed by atoms with Gasteiger partial charge in [0, 0.05) is 43.2 Å². The molecule has 1 N–H and O–H groups in total. The van der Waals surface area contributed by atoms with Crippen LogP contribution in [0.4, 0.5) is 0 Å². The highest BCUT2D eigenvalue weighted by molar-refractivity contribution is 4.91. The molecule has 2 heterocycles. The average Bonchev–Trinajstić information content (AvgIpc) is 2.40. The van der Waals surface area contributed by atoms with Gasteiger partial charge in [0.1, 0.15) is 0 Å². The van der Waals surface area contributed by atoms with E-state index in [0.717, 1.165) is 46.1 Å². The fourth-order valence-electron chi connectivity index (χ4n) is 3.11. The highest BCUT2D eigenvalue weighted by Gasteiger charge is 2.37. The molecule has 2 aliphatic rings. The first-order valence-electron chi connectivity index (χ1n) is 8.05. The van der Waals surface area contributed by atoms with Crippen LogP contribution in [0.25, 0.3) is 0 Å². The Balaban J connectivity index is 1.98. The van der Waals surface area contributed by atoms with E-state index < -0.39 is 0 Å². The van der Waals surface area contributed by atoms with E-state index in [1.165, 1.54) is 12.8 Å². The summed E-state index contributed by atoms with van der Waals surface area (Å²) in [6.45, 7) is 15.8. The summed E-state index contributed by atoms with van der Waals surface area (Å²) in [6.07, 6.45) is 2.45. The van der Waals surface area contributed by atoms with E-state index in [-0.39, 0.29) is 11.0 Å². The summed E-state index contributed by atoms with van der Waals surface area (Å²) >= 11 is 0. The van der Waals surface area contributed by atoms with Crippen LogP contribution in [0.3, 0.4) is 0 Å². The van der Waals surface area contributed by atoms with Crippen molar-refractivity contribution in [2.75, 3.05) is 46.1 Å². The molecule has 0 amide bonds. The number of rotatable bonds is 4. The summed E-state index contributed by atoms with van der Waals surface area (Å²) < 4.78 is 11.4. The number of ether oxygens (including phenoxy) is 2. The molecule has 0 aromatic rings. The Morgan fingerprint density at radius 2 is 2.05 bits per heavy atom. The lowest BCUT2D eigenvalue weighted by Gasteiger charge is -2.45. The Hall–Kier alpha value is -0.160. The lowest BCUT2D eigenvalue weighted by Crippen LogP contribution is -2.55. The third-order valence-corrected chi connectivity index (χ3v) is 4.44. The zero-order valence-corrected chi connectivity index (χ0v) is 13.7. The van der Waals surface area contributed by atoms with E-state index >= 15 is 0 Å². The first-order valence-corrected chi connectivity index (χ1v) is 8.05. The Morgan fingerprint density at radius 1 is 1.25 bits per heavy atom. The maximum atomic E-state index is 5.83. The minimum Gasteiger partial charge on any atom is -0.381 e. The zero-order valence-electron chi connectivity index (χ0n) is 13.7. The molecule has 2 rings (SSSR count). The fourth-order valence-corrected chi connectivity index (χ4v) is 3.11. The minimum atomic E-state index is 0.168. The standard InChI is InChI=1S/C16H32N2O2/c1-14-10-19-9-7-18(14)12-16(6-5-8-20-13-16)11-17-15(2,3)4/h14,17H,5-13H2,1-4H3. The topological polar surface area (TPSA) is 33.7 Å². The number of nitrogens with one attached hydrogen (secondary N) is 1. The van der Waals surface area contributed by atoms with Crippen molar-refractivity contribution in [3.8, 4) is 0 Å². The van der Waals surface area contributed by atoms with Crippen LogP contribution in [-0.4, -0.2) is 62.5 Å². The summed E-state index contributed by atoms with van der Waals surface area (Å²) in [6, 6.07) is 0.525. The van der Waals surface area contributed by atoms with E-state index in [9.17, 15) is 0 Å². The normalized spacial score (nSPS) is 33.3. The number of morpholine rings is 1. The number of hydrogen-bond acceptors (Lipinski definition) is 4. The first kappa shape index (κ1) is 16.2. The van der Waals surface area contributed by atoms with E-state index in [2.05, 4.69) is 37.9 Å². The van der Waals surface area contributed by atoms with Crippen LogP contribution >= 0.6 is 0 Å². The minimum absolute atomic E-state index is 0.168. The highest BCUT2D eigenvalue weighted by Crippen LogP contribution is 2.31. The van der Waals surface area contributed by atoms with Crippen LogP contribution in [0, 0.1) is 5.41 Å². The summed E-state index contributed by atoms with van der Waals surface area (Å²) in [5.41, 5.74) is 0.429. The van der Waals surface area contributed by atoms with Crippen LogP contribution in [0.1, 0.15) is 40.5 Å². The molecule has 0 aromatic heterocycles. The smallest absolute Gasteiger partial charge is 0.0619 e. The van der Waals surface area contributed by atoms with Crippen molar-refractivity contribution in [1.29, 1.82) is 0 Å². The predicted molar refractivity (Wildman–Crippen MR) is 82.1 cm³/mol. The van der Waals surface area contributed by atoms with Gasteiger partial charge in [0.2, 0.25) is 0 Å². The van der Waals surface area contributed by atoms with Crippen molar-refractivity contribution in [3.05, 3.63) is 0 Å². The second-order valence-electron chi connectivity index (χ2n) is 7.65. The van der Waals surface area contributed by atoms with Gasteiger partial charge in [-0.3, -0.25) is 4.90 Å². The molecule has 0 radical (unpaired) electrons. The third-order valence-electron chi connectivity index (χ3n) is 4.44. The number of hydrogen-bond donors (Lipinski definition) is 1. The molecule has 4 heteroatoms. The molecule has 0 saturated carbocycles. The van der Waals surface area contributed by atoms with Gasteiger partial charge < -0.3 is 14.8 Å². The largest absolute Gasteiger partial charge is 0.381 e. The van der Waals surface area contributed by atoms with Gasteiger partial charge >= 0.3 is 0 Å². The molecule has 0 aromatic carbocycles. The van der Waals surface area contributed by atoms with E-state index in [4.69, 9.17) is 9.47 Å². The molecule has 118 valence electrons. The third kappa shape index (κ3) is 4.69. The molecule has 2 aliphatic heterocycles. The molecular formula is C16H32N2O2. The quantitative estimate of drug-likeness (QED) is 0.855. The van der Waals surface area contributed by atoms with Crippen molar-refractivity contribution >= 4 is 0 Å². The Morgan fingerprint density at radius 3 is 2.65 bits per heavy atom. The van der Waals surface area contributed by atoms with Crippen LogP contribution in [0.15, 0.2) is 0 Å². The SMILES string of the molecule is CC1COCCN1CC1(CNC(C)(C)C)CCCOC1. The molecule has 0 spiro atoms. The maximum Gasteiger partial charge on any atom is 0.0619 e. The Kier molecular flexibility index (Phi) is 5.46. The molecule has 2 fully saturated rings. The second kappa shape index (κ2) is 6.73. The van der Waals surface area contributed by atoms with Crippen molar-refractivity contribution in [3.63, 3.8) is 0 Å². The average molecular weight is 284 g/mol. The molecule has 20 heavy (non-hydrogen) atoms. The lowest BCUT2D eigenvalue weighted by atomic mass is 9.80. The summed E-state index contributed by atoms with van der Waals surface area (Å²) in [5.74, 6) is 0. The highest BCUT2D eigenvalue weighted by atomic mass is 16.5.